The number of esters is 1. The molecule has 0 spiro atoms. The number of amides is 1. The Labute approximate surface area is 263 Å². The van der Waals surface area contributed by atoms with E-state index in [9.17, 15) is 22.8 Å². The Morgan fingerprint density at radius 3 is 2.52 bits per heavy atom. The minimum Gasteiger partial charge on any atom is -0.497 e. The van der Waals surface area contributed by atoms with Crippen LogP contribution in [0, 0.1) is 0 Å². The van der Waals surface area contributed by atoms with Gasteiger partial charge in [-0.2, -0.15) is 13.2 Å². The fourth-order valence-corrected chi connectivity index (χ4v) is 5.89. The Hall–Kier alpha value is -4.90. The largest absolute Gasteiger partial charge is 0.497 e. The lowest BCUT2D eigenvalue weighted by atomic mass is 9.86. The lowest BCUT2D eigenvalue weighted by Crippen LogP contribution is -2.37. The molecule has 46 heavy (non-hydrogen) atoms. The van der Waals surface area contributed by atoms with Crippen LogP contribution >= 0.6 is 0 Å². The molecule has 0 saturated carbocycles. The quantitative estimate of drug-likeness (QED) is 0.225. The first-order chi connectivity index (χ1) is 22.2. The molecule has 1 aliphatic heterocycles. The number of nitrogens with one attached hydrogen (secondary N) is 1. The fourth-order valence-electron chi connectivity index (χ4n) is 5.89. The summed E-state index contributed by atoms with van der Waals surface area (Å²) in [4.78, 5) is 33.5. The fraction of sp³-hybridized carbons (Fsp3) is 0.286. The molecule has 11 heteroatoms. The number of alkyl halides is 3. The summed E-state index contributed by atoms with van der Waals surface area (Å²) in [6.07, 6.45) is -0.406. The summed E-state index contributed by atoms with van der Waals surface area (Å²) in [5, 5.41) is 3.14. The number of benzene rings is 3. The van der Waals surface area contributed by atoms with Crippen LogP contribution in [0.4, 0.5) is 24.5 Å². The number of hydrogen-bond acceptors (Lipinski definition) is 7. The van der Waals surface area contributed by atoms with Gasteiger partial charge < -0.3 is 24.4 Å². The Kier molecular flexibility index (Phi) is 8.94. The highest BCUT2D eigenvalue weighted by atomic mass is 19.4. The van der Waals surface area contributed by atoms with Crippen molar-refractivity contribution in [1.82, 2.24) is 4.98 Å². The molecular formula is C35H32F3N3O5. The number of para-hydroxylation sites is 1. The molecule has 0 bridgehead atoms. The van der Waals surface area contributed by atoms with E-state index in [0.717, 1.165) is 47.4 Å². The van der Waals surface area contributed by atoms with E-state index in [1.54, 1.807) is 19.2 Å². The Bertz CT molecular complexity index is 1800. The number of anilines is 2. The average Bonchev–Trinajstić information content (AvgIpc) is 3.06. The number of carbonyl (C=O) groups excluding carboxylic acids is 2. The molecule has 6 rings (SSSR count). The monoisotopic (exact) mass is 631 g/mol. The molecule has 0 atom stereocenters. The van der Waals surface area contributed by atoms with Crippen molar-refractivity contribution in [2.75, 3.05) is 50.2 Å². The highest BCUT2D eigenvalue weighted by Gasteiger charge is 2.32. The number of allylic oxidation sites excluding steroid dienone is 1. The van der Waals surface area contributed by atoms with E-state index in [0.29, 0.717) is 60.6 Å². The number of ether oxygens (including phenoxy) is 3. The molecule has 4 aromatic rings. The summed E-state index contributed by atoms with van der Waals surface area (Å²) in [5.74, 6) is -0.711. The number of methoxy groups -OCH3 is 1. The molecule has 1 aliphatic carbocycles. The van der Waals surface area contributed by atoms with E-state index in [1.165, 1.54) is 6.07 Å². The van der Waals surface area contributed by atoms with E-state index in [-0.39, 0.29) is 5.69 Å². The lowest BCUT2D eigenvalue weighted by molar-refractivity contribution is -0.137. The number of hydrogen-bond donors (Lipinski definition) is 1. The summed E-state index contributed by atoms with van der Waals surface area (Å²) in [6, 6.07) is 18.1. The number of nitrogens with zero attached hydrogens (tertiary/aromatic N) is 2. The van der Waals surface area contributed by atoms with Crippen LogP contribution in [0.15, 0.2) is 66.7 Å². The molecule has 0 radical (unpaired) electrons. The summed E-state index contributed by atoms with van der Waals surface area (Å²) >= 11 is 0. The van der Waals surface area contributed by atoms with Gasteiger partial charge in [-0.15, -0.1) is 0 Å². The molecule has 3 aromatic carbocycles. The smallest absolute Gasteiger partial charge is 0.416 e. The van der Waals surface area contributed by atoms with Gasteiger partial charge in [-0.25, -0.2) is 9.78 Å². The molecule has 0 unspecified atom stereocenters. The van der Waals surface area contributed by atoms with Crippen LogP contribution < -0.4 is 15.0 Å². The van der Waals surface area contributed by atoms with Gasteiger partial charge in [0.15, 0.2) is 6.61 Å². The van der Waals surface area contributed by atoms with Gasteiger partial charge in [0.05, 0.1) is 54.0 Å². The predicted molar refractivity (Wildman–Crippen MR) is 169 cm³/mol. The molecule has 1 fully saturated rings. The zero-order chi connectivity index (χ0) is 32.3. The predicted octanol–water partition coefficient (Wildman–Crippen LogP) is 6.77. The SMILES string of the molecule is COc1ccc(/C=C2\CCCc3c2nc2ccccc2c3C(=O)OCC(=O)Nc2cc(C(F)(F)F)ccc2N2CCOCC2)cc1. The summed E-state index contributed by atoms with van der Waals surface area (Å²) < 4.78 is 56.8. The molecule has 2 aliphatic rings. The second kappa shape index (κ2) is 13.2. The van der Waals surface area contributed by atoms with Crippen molar-refractivity contribution in [3.05, 3.63) is 94.7 Å². The second-order valence-electron chi connectivity index (χ2n) is 11.1. The molecule has 1 N–H and O–H groups in total. The number of carbonyl (C=O) groups is 2. The van der Waals surface area contributed by atoms with Crippen LogP contribution in [0.3, 0.4) is 0 Å². The van der Waals surface area contributed by atoms with E-state index >= 15 is 0 Å². The minimum atomic E-state index is -4.60. The Morgan fingerprint density at radius 1 is 1.02 bits per heavy atom. The van der Waals surface area contributed by atoms with Crippen molar-refractivity contribution < 1.29 is 37.0 Å². The summed E-state index contributed by atoms with van der Waals surface area (Å²) in [5.41, 5.74) is 3.85. The van der Waals surface area contributed by atoms with Crippen molar-refractivity contribution in [3.63, 3.8) is 0 Å². The third-order valence-electron chi connectivity index (χ3n) is 8.12. The molecule has 1 amide bonds. The molecular weight excluding hydrogens is 599 g/mol. The van der Waals surface area contributed by atoms with Crippen LogP contribution in [-0.4, -0.2) is 56.9 Å². The Balaban J connectivity index is 1.26. The van der Waals surface area contributed by atoms with Crippen molar-refractivity contribution in [3.8, 4) is 5.75 Å². The maximum atomic E-state index is 13.7. The molecule has 1 aromatic heterocycles. The number of pyridine rings is 1. The number of morpholine rings is 1. The van der Waals surface area contributed by atoms with Gasteiger partial charge in [-0.3, -0.25) is 4.79 Å². The number of aromatic nitrogens is 1. The summed E-state index contributed by atoms with van der Waals surface area (Å²) in [7, 11) is 1.61. The summed E-state index contributed by atoms with van der Waals surface area (Å²) in [6.45, 7) is 1.05. The maximum Gasteiger partial charge on any atom is 0.416 e. The highest BCUT2D eigenvalue weighted by Crippen LogP contribution is 2.38. The second-order valence-corrected chi connectivity index (χ2v) is 11.1. The first-order valence-electron chi connectivity index (χ1n) is 15.0. The standard InChI is InChI=1S/C35H32F3N3O5/c1-44-25-12-9-22(10-13-25)19-23-5-4-7-27-32(26-6-2-3-8-28(26)40-33(23)27)34(43)46-21-31(42)39-29-20-24(35(36,37)38)11-14-30(29)41-15-17-45-18-16-41/h2-3,6,8-14,19-20H,4-5,7,15-18,21H2,1H3,(H,39,42)/b23-19+. The van der Waals surface area contributed by atoms with Gasteiger partial charge in [0.1, 0.15) is 5.75 Å². The van der Waals surface area contributed by atoms with Crippen LogP contribution in [0.5, 0.6) is 5.75 Å². The number of fused-ring (bicyclic) bond motifs is 2. The van der Waals surface area contributed by atoms with Crippen LogP contribution in [0.2, 0.25) is 0 Å². The van der Waals surface area contributed by atoms with E-state index in [2.05, 4.69) is 5.32 Å². The maximum absolute atomic E-state index is 13.7. The van der Waals surface area contributed by atoms with Gasteiger partial charge in [0, 0.05) is 18.5 Å². The first kappa shape index (κ1) is 31.1. The Morgan fingerprint density at radius 2 is 1.78 bits per heavy atom. The zero-order valence-electron chi connectivity index (χ0n) is 25.2. The van der Waals surface area contributed by atoms with Crippen molar-refractivity contribution in [1.29, 1.82) is 0 Å². The topological polar surface area (TPSA) is 90.0 Å². The minimum absolute atomic E-state index is 0.0159. The third-order valence-corrected chi connectivity index (χ3v) is 8.12. The lowest BCUT2D eigenvalue weighted by Gasteiger charge is -2.31. The van der Waals surface area contributed by atoms with Crippen LogP contribution in [0.1, 0.15) is 45.6 Å². The van der Waals surface area contributed by atoms with Gasteiger partial charge in [-0.1, -0.05) is 30.3 Å². The normalized spacial score (nSPS) is 15.8. The number of halogens is 3. The molecule has 238 valence electrons. The first-order valence-corrected chi connectivity index (χ1v) is 15.0. The van der Waals surface area contributed by atoms with Gasteiger partial charge in [0.2, 0.25) is 0 Å². The molecule has 2 heterocycles. The van der Waals surface area contributed by atoms with Gasteiger partial charge in [-0.05, 0) is 78.4 Å². The highest BCUT2D eigenvalue weighted by molar-refractivity contribution is 6.07. The van der Waals surface area contributed by atoms with Crippen LogP contribution in [0.25, 0.3) is 22.6 Å². The van der Waals surface area contributed by atoms with E-state index in [4.69, 9.17) is 19.2 Å². The van der Waals surface area contributed by atoms with Crippen molar-refractivity contribution in [2.45, 2.75) is 25.4 Å². The van der Waals surface area contributed by atoms with Gasteiger partial charge >= 0.3 is 12.1 Å². The third kappa shape index (κ3) is 6.69. The number of rotatable bonds is 7. The van der Waals surface area contributed by atoms with E-state index < -0.39 is 30.2 Å². The molecule has 8 nitrogen and oxygen atoms in total. The van der Waals surface area contributed by atoms with E-state index in [1.807, 2.05) is 47.4 Å². The van der Waals surface area contributed by atoms with Crippen LogP contribution in [-0.2, 0) is 26.9 Å². The van der Waals surface area contributed by atoms with Crippen molar-refractivity contribution >= 4 is 45.8 Å². The van der Waals surface area contributed by atoms with Gasteiger partial charge in [0.25, 0.3) is 5.91 Å². The average molecular weight is 632 g/mol. The van der Waals surface area contributed by atoms with Crippen molar-refractivity contribution in [2.24, 2.45) is 0 Å². The molecule has 1 saturated heterocycles. The zero-order valence-corrected chi connectivity index (χ0v) is 25.2.